The first-order chi connectivity index (χ1) is 13.0. The second-order valence-corrected chi connectivity index (χ2v) is 7.91. The van der Waals surface area contributed by atoms with E-state index < -0.39 is 0 Å². The van der Waals surface area contributed by atoms with Gasteiger partial charge in [-0.2, -0.15) is 0 Å². The van der Waals surface area contributed by atoms with Crippen molar-refractivity contribution in [3.05, 3.63) is 65.5 Å². The molecule has 0 spiro atoms. The van der Waals surface area contributed by atoms with Gasteiger partial charge in [-0.15, -0.1) is 0 Å². The third-order valence-electron chi connectivity index (χ3n) is 5.69. The Balaban J connectivity index is 1.46. The van der Waals surface area contributed by atoms with E-state index in [0.29, 0.717) is 12.1 Å². The van der Waals surface area contributed by atoms with Crippen molar-refractivity contribution < 1.29 is 8.78 Å². The van der Waals surface area contributed by atoms with Crippen LogP contribution in [0.5, 0.6) is 0 Å². The predicted molar refractivity (Wildman–Crippen MR) is 105 cm³/mol. The van der Waals surface area contributed by atoms with Gasteiger partial charge < -0.3 is 4.90 Å². The fraction of sp³-hybridized carbons (Fsp3) is 0.500. The first kappa shape index (κ1) is 19.9. The molecule has 5 heteroatoms. The summed E-state index contributed by atoms with van der Waals surface area (Å²) in [5, 5.41) is 0. The quantitative estimate of drug-likeness (QED) is 0.733. The van der Waals surface area contributed by atoms with Gasteiger partial charge in [0.05, 0.1) is 5.69 Å². The second-order valence-electron chi connectivity index (χ2n) is 7.91. The highest BCUT2D eigenvalue weighted by molar-refractivity contribution is 5.17. The van der Waals surface area contributed by atoms with Gasteiger partial charge in [0.15, 0.2) is 0 Å². The average molecular weight is 373 g/mol. The number of aromatic nitrogens is 1. The zero-order chi connectivity index (χ0) is 19.3. The summed E-state index contributed by atoms with van der Waals surface area (Å²) in [6.45, 7) is 9.22. The first-order valence-electron chi connectivity index (χ1n) is 9.76. The van der Waals surface area contributed by atoms with Crippen LogP contribution in [0, 0.1) is 11.6 Å². The van der Waals surface area contributed by atoms with Gasteiger partial charge in [0.2, 0.25) is 0 Å². The van der Waals surface area contributed by atoms with Gasteiger partial charge in [-0.3, -0.25) is 9.88 Å². The van der Waals surface area contributed by atoms with Gasteiger partial charge in [-0.05, 0) is 50.5 Å². The van der Waals surface area contributed by atoms with E-state index in [-0.39, 0.29) is 17.2 Å². The van der Waals surface area contributed by atoms with Gasteiger partial charge in [-0.25, -0.2) is 8.78 Å². The van der Waals surface area contributed by atoms with Crippen LogP contribution >= 0.6 is 0 Å². The number of aryl methyl sites for hydroxylation is 1. The first-order valence-corrected chi connectivity index (χ1v) is 9.76. The van der Waals surface area contributed by atoms with Crippen molar-refractivity contribution in [2.75, 3.05) is 32.7 Å². The Morgan fingerprint density at radius 1 is 0.926 bits per heavy atom. The molecule has 1 aliphatic rings. The summed E-state index contributed by atoms with van der Waals surface area (Å²) in [5.74, 6) is -0.328. The number of pyridine rings is 1. The SMILES string of the molecule is CC(C)(CCc1ccccc1F)N1CCN(CCc2ncccc2F)CC1. The lowest BCUT2D eigenvalue weighted by Gasteiger charge is -2.44. The summed E-state index contributed by atoms with van der Waals surface area (Å²) in [6.07, 6.45) is 3.96. The molecule has 0 saturated carbocycles. The summed E-state index contributed by atoms with van der Waals surface area (Å²) in [7, 11) is 0. The maximum absolute atomic E-state index is 13.9. The van der Waals surface area contributed by atoms with Crippen LogP contribution < -0.4 is 0 Å². The summed E-state index contributed by atoms with van der Waals surface area (Å²) in [4.78, 5) is 9.00. The smallest absolute Gasteiger partial charge is 0.144 e. The molecule has 146 valence electrons. The number of hydrogen-bond acceptors (Lipinski definition) is 3. The van der Waals surface area contributed by atoms with Gasteiger partial charge in [0, 0.05) is 50.9 Å². The van der Waals surface area contributed by atoms with E-state index in [4.69, 9.17) is 0 Å². The topological polar surface area (TPSA) is 19.4 Å². The lowest BCUT2D eigenvalue weighted by Crippen LogP contribution is -2.55. The minimum absolute atomic E-state index is 0.0292. The van der Waals surface area contributed by atoms with E-state index in [1.807, 2.05) is 12.1 Å². The van der Waals surface area contributed by atoms with Crippen molar-refractivity contribution in [2.45, 2.75) is 38.6 Å². The maximum Gasteiger partial charge on any atom is 0.144 e. The summed E-state index contributed by atoms with van der Waals surface area (Å²) in [6, 6.07) is 10.1. The van der Waals surface area contributed by atoms with E-state index in [1.165, 1.54) is 12.1 Å². The summed E-state index contributed by atoms with van der Waals surface area (Å²) < 4.78 is 27.6. The number of benzene rings is 1. The molecule has 3 nitrogen and oxygen atoms in total. The molecule has 1 saturated heterocycles. The van der Waals surface area contributed by atoms with Crippen LogP contribution in [0.2, 0.25) is 0 Å². The summed E-state index contributed by atoms with van der Waals surface area (Å²) in [5.41, 5.74) is 1.37. The summed E-state index contributed by atoms with van der Waals surface area (Å²) >= 11 is 0. The number of hydrogen-bond donors (Lipinski definition) is 0. The predicted octanol–water partition coefficient (Wildman–Crippen LogP) is 3.93. The molecule has 0 N–H and O–H groups in total. The second kappa shape index (κ2) is 8.89. The monoisotopic (exact) mass is 373 g/mol. The highest BCUT2D eigenvalue weighted by atomic mass is 19.1. The number of piperazine rings is 1. The van der Waals surface area contributed by atoms with E-state index >= 15 is 0 Å². The van der Waals surface area contributed by atoms with Crippen molar-refractivity contribution in [3.63, 3.8) is 0 Å². The third kappa shape index (κ3) is 5.33. The molecule has 2 heterocycles. The third-order valence-corrected chi connectivity index (χ3v) is 5.69. The van der Waals surface area contributed by atoms with E-state index in [0.717, 1.165) is 51.1 Å². The van der Waals surface area contributed by atoms with Crippen molar-refractivity contribution in [3.8, 4) is 0 Å². The molecule has 1 aromatic heterocycles. The Bertz CT molecular complexity index is 740. The molecule has 1 aliphatic heterocycles. The fourth-order valence-corrected chi connectivity index (χ4v) is 3.74. The van der Waals surface area contributed by atoms with Crippen molar-refractivity contribution >= 4 is 0 Å². The molecule has 0 radical (unpaired) electrons. The van der Waals surface area contributed by atoms with E-state index in [2.05, 4.69) is 28.6 Å². The minimum Gasteiger partial charge on any atom is -0.300 e. The number of rotatable bonds is 7. The molecule has 0 amide bonds. The lowest BCUT2D eigenvalue weighted by molar-refractivity contribution is 0.0476. The Hall–Kier alpha value is -1.85. The minimum atomic E-state index is -0.217. The Morgan fingerprint density at radius 2 is 1.63 bits per heavy atom. The average Bonchev–Trinajstić information content (AvgIpc) is 2.67. The molecule has 0 aliphatic carbocycles. The molecule has 1 aromatic carbocycles. The van der Waals surface area contributed by atoms with Gasteiger partial charge in [0.1, 0.15) is 11.6 Å². The molecule has 0 bridgehead atoms. The standard InChI is InChI=1S/C22H29F2N3/c1-22(2,11-9-18-6-3-4-7-19(18)23)27-16-14-26(15-17-27)13-10-21-20(24)8-5-12-25-21/h3-8,12H,9-11,13-17H2,1-2H3. The number of nitrogens with zero attached hydrogens (tertiary/aromatic N) is 3. The zero-order valence-corrected chi connectivity index (χ0v) is 16.3. The molecule has 27 heavy (non-hydrogen) atoms. The van der Waals surface area contributed by atoms with Gasteiger partial charge >= 0.3 is 0 Å². The lowest BCUT2D eigenvalue weighted by atomic mass is 9.92. The molecular formula is C22H29F2N3. The Morgan fingerprint density at radius 3 is 2.33 bits per heavy atom. The zero-order valence-electron chi connectivity index (χ0n) is 16.3. The van der Waals surface area contributed by atoms with Crippen LogP contribution in [-0.4, -0.2) is 53.0 Å². The molecule has 3 rings (SSSR count). The highest BCUT2D eigenvalue weighted by Gasteiger charge is 2.29. The molecule has 0 unspecified atom stereocenters. The van der Waals surface area contributed by atoms with Gasteiger partial charge in [0.25, 0.3) is 0 Å². The van der Waals surface area contributed by atoms with Crippen LogP contribution in [0.4, 0.5) is 8.78 Å². The number of halogens is 2. The molecule has 2 aromatic rings. The van der Waals surface area contributed by atoms with E-state index in [9.17, 15) is 8.78 Å². The van der Waals surface area contributed by atoms with Crippen molar-refractivity contribution in [2.24, 2.45) is 0 Å². The van der Waals surface area contributed by atoms with Crippen LogP contribution in [0.15, 0.2) is 42.6 Å². The van der Waals surface area contributed by atoms with Crippen LogP contribution in [0.3, 0.4) is 0 Å². The van der Waals surface area contributed by atoms with Crippen molar-refractivity contribution in [1.29, 1.82) is 0 Å². The Kier molecular flexibility index (Phi) is 6.55. The van der Waals surface area contributed by atoms with E-state index in [1.54, 1.807) is 18.3 Å². The maximum atomic E-state index is 13.9. The normalized spacial score (nSPS) is 16.6. The highest BCUT2D eigenvalue weighted by Crippen LogP contribution is 2.24. The molecule has 0 atom stereocenters. The molecular weight excluding hydrogens is 344 g/mol. The van der Waals surface area contributed by atoms with Crippen LogP contribution in [0.25, 0.3) is 0 Å². The van der Waals surface area contributed by atoms with Crippen LogP contribution in [0.1, 0.15) is 31.5 Å². The van der Waals surface area contributed by atoms with Crippen LogP contribution in [-0.2, 0) is 12.8 Å². The van der Waals surface area contributed by atoms with Gasteiger partial charge in [-0.1, -0.05) is 18.2 Å². The fourth-order valence-electron chi connectivity index (χ4n) is 3.74. The Labute approximate surface area is 161 Å². The molecule has 1 fully saturated rings. The van der Waals surface area contributed by atoms with Crippen molar-refractivity contribution in [1.82, 2.24) is 14.8 Å². The largest absolute Gasteiger partial charge is 0.300 e.